The molecule has 0 saturated heterocycles. The van der Waals surface area contributed by atoms with Crippen molar-refractivity contribution in [3.8, 4) is 0 Å². The summed E-state index contributed by atoms with van der Waals surface area (Å²) in [5, 5.41) is 0. The third-order valence-electron chi connectivity index (χ3n) is 4.38. The minimum Gasteiger partial charge on any atom is -0.375 e. The highest BCUT2D eigenvalue weighted by molar-refractivity contribution is 7.86. The standard InChI is InChI=1S/C14H24N4O3S/c1-11-14-15-8-13(10-21-9-12-4-5-12)17(14)6-7-18(11)22(19,20)16(2)3/h8,11-12H,4-7,9-10H2,1-3H3/t11-/m0/s1. The molecular weight excluding hydrogens is 304 g/mol. The lowest BCUT2D eigenvalue weighted by Gasteiger charge is -2.34. The molecule has 3 rings (SSSR count). The Kier molecular flexibility index (Phi) is 4.28. The van der Waals surface area contributed by atoms with Crippen LogP contribution in [-0.2, 0) is 28.1 Å². The molecule has 22 heavy (non-hydrogen) atoms. The van der Waals surface area contributed by atoms with Crippen LogP contribution in [0.5, 0.6) is 0 Å². The zero-order valence-corrected chi connectivity index (χ0v) is 14.2. The van der Waals surface area contributed by atoms with Crippen molar-refractivity contribution in [1.29, 1.82) is 0 Å². The molecule has 1 fully saturated rings. The van der Waals surface area contributed by atoms with Crippen LogP contribution in [0.1, 0.15) is 37.3 Å². The minimum absolute atomic E-state index is 0.265. The molecule has 2 aliphatic rings. The van der Waals surface area contributed by atoms with Crippen molar-refractivity contribution < 1.29 is 13.2 Å². The normalized spacial score (nSPS) is 23.0. The molecule has 1 aliphatic heterocycles. The van der Waals surface area contributed by atoms with Crippen LogP contribution in [0, 0.1) is 5.92 Å². The second-order valence-corrected chi connectivity index (χ2v) is 8.39. The van der Waals surface area contributed by atoms with Crippen molar-refractivity contribution in [2.75, 3.05) is 27.2 Å². The molecule has 0 spiro atoms. The van der Waals surface area contributed by atoms with E-state index in [4.69, 9.17) is 4.74 Å². The van der Waals surface area contributed by atoms with Crippen LogP contribution in [0.3, 0.4) is 0 Å². The van der Waals surface area contributed by atoms with Crippen LogP contribution in [0.25, 0.3) is 0 Å². The van der Waals surface area contributed by atoms with Gasteiger partial charge in [-0.15, -0.1) is 0 Å². The molecule has 7 nitrogen and oxygen atoms in total. The lowest BCUT2D eigenvalue weighted by molar-refractivity contribution is 0.105. The first-order valence-electron chi connectivity index (χ1n) is 7.72. The van der Waals surface area contributed by atoms with Crippen LogP contribution in [0.2, 0.25) is 0 Å². The zero-order chi connectivity index (χ0) is 15.9. The first-order valence-corrected chi connectivity index (χ1v) is 9.12. The molecule has 1 atom stereocenters. The Morgan fingerprint density at radius 3 is 2.73 bits per heavy atom. The number of hydrogen-bond acceptors (Lipinski definition) is 4. The van der Waals surface area contributed by atoms with Gasteiger partial charge in [0, 0.05) is 33.8 Å². The van der Waals surface area contributed by atoms with Crippen molar-refractivity contribution in [1.82, 2.24) is 18.2 Å². The summed E-state index contributed by atoms with van der Waals surface area (Å²) in [6, 6.07) is -0.265. The van der Waals surface area contributed by atoms with Crippen molar-refractivity contribution in [2.24, 2.45) is 5.92 Å². The predicted octanol–water partition coefficient (Wildman–Crippen LogP) is 0.993. The van der Waals surface area contributed by atoms with E-state index in [1.807, 2.05) is 13.1 Å². The zero-order valence-electron chi connectivity index (χ0n) is 13.4. The van der Waals surface area contributed by atoms with Gasteiger partial charge in [-0.25, -0.2) is 4.98 Å². The average molecular weight is 328 g/mol. The molecule has 124 valence electrons. The topological polar surface area (TPSA) is 67.7 Å². The fourth-order valence-corrected chi connectivity index (χ4v) is 4.02. The van der Waals surface area contributed by atoms with Gasteiger partial charge in [-0.3, -0.25) is 0 Å². The molecule has 1 aromatic rings. The summed E-state index contributed by atoms with van der Waals surface area (Å²) in [7, 11) is -0.309. The highest BCUT2D eigenvalue weighted by atomic mass is 32.2. The van der Waals surface area contributed by atoms with Gasteiger partial charge in [-0.05, 0) is 25.7 Å². The van der Waals surface area contributed by atoms with Crippen molar-refractivity contribution in [3.63, 3.8) is 0 Å². The van der Waals surface area contributed by atoms with Crippen molar-refractivity contribution in [2.45, 2.75) is 39.0 Å². The maximum atomic E-state index is 12.4. The summed E-state index contributed by atoms with van der Waals surface area (Å²) in [5.41, 5.74) is 1.03. The maximum absolute atomic E-state index is 12.4. The quantitative estimate of drug-likeness (QED) is 0.781. The first kappa shape index (κ1) is 15.9. The van der Waals surface area contributed by atoms with Gasteiger partial charge in [0.15, 0.2) is 0 Å². The average Bonchev–Trinajstić information content (AvgIpc) is 3.19. The third-order valence-corrected chi connectivity index (χ3v) is 6.39. The van der Waals surface area contributed by atoms with E-state index >= 15 is 0 Å². The lowest BCUT2D eigenvalue weighted by Crippen LogP contribution is -2.46. The van der Waals surface area contributed by atoms with Gasteiger partial charge in [-0.1, -0.05) is 0 Å². The number of nitrogens with zero attached hydrogens (tertiary/aromatic N) is 4. The van der Waals surface area contributed by atoms with Crippen LogP contribution in [-0.4, -0.2) is 53.8 Å². The van der Waals surface area contributed by atoms with Crippen LogP contribution in [0.15, 0.2) is 6.20 Å². The number of fused-ring (bicyclic) bond motifs is 1. The molecule has 0 bridgehead atoms. The van der Waals surface area contributed by atoms with E-state index in [2.05, 4.69) is 9.55 Å². The number of imidazole rings is 1. The van der Waals surface area contributed by atoms with Gasteiger partial charge in [0.1, 0.15) is 5.82 Å². The number of ether oxygens (including phenoxy) is 1. The van der Waals surface area contributed by atoms with E-state index in [0.717, 1.165) is 24.0 Å². The monoisotopic (exact) mass is 328 g/mol. The molecule has 0 radical (unpaired) electrons. The predicted molar refractivity (Wildman–Crippen MR) is 82.3 cm³/mol. The first-order chi connectivity index (χ1) is 10.4. The SMILES string of the molecule is C[C@H]1c2ncc(COCC3CC3)n2CCN1S(=O)(=O)N(C)C. The Morgan fingerprint density at radius 2 is 2.09 bits per heavy atom. The molecule has 1 saturated carbocycles. The summed E-state index contributed by atoms with van der Waals surface area (Å²) in [6.07, 6.45) is 4.36. The van der Waals surface area contributed by atoms with E-state index in [1.54, 1.807) is 14.1 Å². The smallest absolute Gasteiger partial charge is 0.282 e. The van der Waals surface area contributed by atoms with Gasteiger partial charge >= 0.3 is 0 Å². The van der Waals surface area contributed by atoms with Gasteiger partial charge in [-0.2, -0.15) is 17.0 Å². The molecule has 8 heteroatoms. The van der Waals surface area contributed by atoms with Crippen LogP contribution >= 0.6 is 0 Å². The molecule has 1 aliphatic carbocycles. The molecule has 0 unspecified atom stereocenters. The fourth-order valence-electron chi connectivity index (χ4n) is 2.79. The Morgan fingerprint density at radius 1 is 1.36 bits per heavy atom. The summed E-state index contributed by atoms with van der Waals surface area (Å²) < 4.78 is 35.3. The molecular formula is C14H24N4O3S. The van der Waals surface area contributed by atoms with Gasteiger partial charge in [0.05, 0.1) is 24.5 Å². The van der Waals surface area contributed by atoms with E-state index in [9.17, 15) is 8.42 Å². The van der Waals surface area contributed by atoms with Gasteiger partial charge in [0.25, 0.3) is 10.2 Å². The number of aromatic nitrogens is 2. The molecule has 0 aromatic carbocycles. The van der Waals surface area contributed by atoms with Crippen LogP contribution < -0.4 is 0 Å². The van der Waals surface area contributed by atoms with Crippen LogP contribution in [0.4, 0.5) is 0 Å². The number of rotatable bonds is 6. The largest absolute Gasteiger partial charge is 0.375 e. The Bertz CT molecular complexity index is 637. The summed E-state index contributed by atoms with van der Waals surface area (Å²) >= 11 is 0. The maximum Gasteiger partial charge on any atom is 0.282 e. The second kappa shape index (κ2) is 5.92. The van der Waals surface area contributed by atoms with Crippen molar-refractivity contribution >= 4 is 10.2 Å². The molecule has 2 heterocycles. The van der Waals surface area contributed by atoms with Gasteiger partial charge in [0.2, 0.25) is 0 Å². The Balaban J connectivity index is 1.73. The second-order valence-electron chi connectivity index (χ2n) is 6.29. The lowest BCUT2D eigenvalue weighted by atomic mass is 10.2. The minimum atomic E-state index is -3.42. The van der Waals surface area contributed by atoms with Crippen molar-refractivity contribution in [3.05, 3.63) is 17.7 Å². The Hall–Kier alpha value is -0.960. The molecule has 0 amide bonds. The van der Waals surface area contributed by atoms with E-state index in [-0.39, 0.29) is 6.04 Å². The summed E-state index contributed by atoms with van der Waals surface area (Å²) in [4.78, 5) is 4.43. The van der Waals surface area contributed by atoms with E-state index < -0.39 is 10.2 Å². The Labute approximate surface area is 132 Å². The fraction of sp³-hybridized carbons (Fsp3) is 0.786. The van der Waals surface area contributed by atoms with E-state index in [0.29, 0.717) is 19.7 Å². The third kappa shape index (κ3) is 2.92. The molecule has 0 N–H and O–H groups in total. The highest BCUT2D eigenvalue weighted by Gasteiger charge is 2.36. The number of hydrogen-bond donors (Lipinski definition) is 0. The highest BCUT2D eigenvalue weighted by Crippen LogP contribution is 2.30. The van der Waals surface area contributed by atoms with E-state index in [1.165, 1.54) is 21.5 Å². The summed E-state index contributed by atoms with van der Waals surface area (Å²) in [5.74, 6) is 1.53. The van der Waals surface area contributed by atoms with Gasteiger partial charge < -0.3 is 9.30 Å². The molecule has 1 aromatic heterocycles. The summed E-state index contributed by atoms with van der Waals surface area (Å²) in [6.45, 7) is 4.33.